The van der Waals surface area contributed by atoms with Crippen LogP contribution in [0.5, 0.6) is 0 Å². The van der Waals surface area contributed by atoms with Crippen molar-refractivity contribution >= 4 is 11.6 Å². The lowest BCUT2D eigenvalue weighted by Crippen LogP contribution is -2.43. The molecule has 4 atom stereocenters. The summed E-state index contributed by atoms with van der Waals surface area (Å²) in [6, 6.07) is 24.6. The van der Waals surface area contributed by atoms with Crippen molar-refractivity contribution in [2.24, 2.45) is 5.92 Å². The van der Waals surface area contributed by atoms with Crippen LogP contribution in [0.15, 0.2) is 91.5 Å². The fourth-order valence-electron chi connectivity index (χ4n) is 4.49. The number of anilines is 1. The van der Waals surface area contributed by atoms with E-state index in [0.717, 1.165) is 29.8 Å². The number of carbonyl (C=O) groups is 1. The molecule has 2 N–H and O–H groups in total. The molecule has 1 saturated heterocycles. The molecule has 0 bridgehead atoms. The summed E-state index contributed by atoms with van der Waals surface area (Å²) in [5, 5.41) is 12.4. The third kappa shape index (κ3) is 6.28. The SMILES string of the molecule is C=CCN(C)C[C@H]1O[C@@H](c2cccc(NC(=O)c3ccccc3)c2)O[C@@H](c2ccc(CO)cc2)[C@H]1C. The monoisotopic (exact) mass is 486 g/mol. The average Bonchev–Trinajstić information content (AvgIpc) is 2.90. The van der Waals surface area contributed by atoms with E-state index in [0.29, 0.717) is 11.3 Å². The van der Waals surface area contributed by atoms with Gasteiger partial charge in [0.2, 0.25) is 0 Å². The fraction of sp³-hybridized carbons (Fsp3) is 0.300. The summed E-state index contributed by atoms with van der Waals surface area (Å²) in [4.78, 5) is 14.8. The number of nitrogens with one attached hydrogen (secondary N) is 1. The molecule has 6 nitrogen and oxygen atoms in total. The molecule has 0 saturated carbocycles. The molecule has 3 aromatic rings. The van der Waals surface area contributed by atoms with Crippen molar-refractivity contribution in [1.29, 1.82) is 0 Å². The minimum atomic E-state index is -0.598. The van der Waals surface area contributed by atoms with E-state index in [1.165, 1.54) is 0 Å². The molecular weight excluding hydrogens is 452 g/mol. The Labute approximate surface area is 213 Å². The summed E-state index contributed by atoms with van der Waals surface area (Å²) in [6.45, 7) is 7.48. The molecule has 1 heterocycles. The van der Waals surface area contributed by atoms with Gasteiger partial charge in [-0.15, -0.1) is 6.58 Å². The minimum absolute atomic E-state index is 0.00353. The van der Waals surface area contributed by atoms with Gasteiger partial charge in [0, 0.05) is 35.8 Å². The predicted octanol–water partition coefficient (Wildman–Crippen LogP) is 5.34. The Morgan fingerprint density at radius 2 is 1.78 bits per heavy atom. The van der Waals surface area contributed by atoms with E-state index in [-0.39, 0.29) is 30.6 Å². The Balaban J connectivity index is 1.58. The van der Waals surface area contributed by atoms with Crippen molar-refractivity contribution in [3.63, 3.8) is 0 Å². The number of aliphatic hydroxyl groups is 1. The highest BCUT2D eigenvalue weighted by molar-refractivity contribution is 6.04. The molecule has 0 radical (unpaired) electrons. The number of likely N-dealkylation sites (N-methyl/N-ethyl adjacent to an activating group) is 1. The topological polar surface area (TPSA) is 71.0 Å². The largest absolute Gasteiger partial charge is 0.392 e. The minimum Gasteiger partial charge on any atom is -0.392 e. The third-order valence-electron chi connectivity index (χ3n) is 6.51. The van der Waals surface area contributed by atoms with Crippen LogP contribution in [-0.2, 0) is 16.1 Å². The molecule has 188 valence electrons. The first-order valence-electron chi connectivity index (χ1n) is 12.2. The Bertz CT molecular complexity index is 1150. The lowest BCUT2D eigenvalue weighted by Gasteiger charge is -2.42. The summed E-state index contributed by atoms with van der Waals surface area (Å²) in [7, 11) is 2.05. The van der Waals surface area contributed by atoms with Crippen molar-refractivity contribution < 1.29 is 19.4 Å². The predicted molar refractivity (Wildman–Crippen MR) is 141 cm³/mol. The molecule has 0 spiro atoms. The summed E-state index contributed by atoms with van der Waals surface area (Å²) >= 11 is 0. The van der Waals surface area contributed by atoms with Gasteiger partial charge in [-0.3, -0.25) is 4.79 Å². The van der Waals surface area contributed by atoms with E-state index in [2.05, 4.69) is 23.7 Å². The zero-order valence-corrected chi connectivity index (χ0v) is 20.8. The molecule has 0 aromatic heterocycles. The normalized spacial score (nSPS) is 21.8. The van der Waals surface area contributed by atoms with Gasteiger partial charge in [-0.25, -0.2) is 0 Å². The first kappa shape index (κ1) is 25.8. The van der Waals surface area contributed by atoms with Crippen molar-refractivity contribution in [3.8, 4) is 0 Å². The maximum atomic E-state index is 12.7. The van der Waals surface area contributed by atoms with Crippen molar-refractivity contribution in [2.75, 3.05) is 25.5 Å². The Kier molecular flexibility index (Phi) is 8.67. The second-order valence-electron chi connectivity index (χ2n) is 9.28. The number of ether oxygens (including phenoxy) is 2. The van der Waals surface area contributed by atoms with E-state index < -0.39 is 6.29 Å². The summed E-state index contributed by atoms with van der Waals surface area (Å²) in [5.41, 5.74) is 4.01. The first-order valence-corrected chi connectivity index (χ1v) is 12.2. The molecule has 0 aliphatic carbocycles. The fourth-order valence-corrected chi connectivity index (χ4v) is 4.49. The van der Waals surface area contributed by atoms with Crippen molar-refractivity contribution in [1.82, 2.24) is 4.90 Å². The standard InChI is InChI=1S/C30H34N2O4/c1-4-17-32(3)19-27-21(2)28(23-15-13-22(20-33)14-16-23)36-30(35-27)25-11-8-12-26(18-25)31-29(34)24-9-6-5-7-10-24/h4-16,18,21,27-28,30,33H,1,17,19-20H2,2-3H3,(H,31,34)/t21-,27+,28+,30+/m0/s1. The lowest BCUT2D eigenvalue weighted by molar-refractivity contribution is -0.275. The van der Waals surface area contributed by atoms with Crippen LogP contribution in [0.1, 0.15) is 46.4 Å². The Hall–Kier alpha value is -3.29. The second-order valence-corrected chi connectivity index (χ2v) is 9.28. The van der Waals surface area contributed by atoms with Crippen LogP contribution in [-0.4, -0.2) is 42.2 Å². The zero-order chi connectivity index (χ0) is 25.5. The van der Waals surface area contributed by atoms with Crippen LogP contribution < -0.4 is 5.32 Å². The zero-order valence-electron chi connectivity index (χ0n) is 20.8. The molecule has 4 rings (SSSR count). The number of nitrogens with zero attached hydrogens (tertiary/aromatic N) is 1. The van der Waals surface area contributed by atoms with Crippen LogP contribution in [0.4, 0.5) is 5.69 Å². The highest BCUT2D eigenvalue weighted by Crippen LogP contribution is 2.42. The molecule has 6 heteroatoms. The van der Waals surface area contributed by atoms with Gasteiger partial charge in [-0.05, 0) is 42.4 Å². The summed E-state index contributed by atoms with van der Waals surface area (Å²) in [6.07, 6.45) is 1.00. The van der Waals surface area contributed by atoms with Gasteiger partial charge < -0.3 is 24.8 Å². The smallest absolute Gasteiger partial charge is 0.255 e. The van der Waals surface area contributed by atoms with Gasteiger partial charge in [-0.1, -0.05) is 67.6 Å². The van der Waals surface area contributed by atoms with Crippen molar-refractivity contribution in [3.05, 3.63) is 114 Å². The van der Waals surface area contributed by atoms with Crippen LogP contribution in [0.25, 0.3) is 0 Å². The molecule has 1 amide bonds. The number of aliphatic hydroxyl groups excluding tert-OH is 1. The molecule has 1 fully saturated rings. The van der Waals surface area contributed by atoms with E-state index in [9.17, 15) is 9.90 Å². The summed E-state index contributed by atoms with van der Waals surface area (Å²) < 4.78 is 13.0. The molecule has 36 heavy (non-hydrogen) atoms. The number of amides is 1. The van der Waals surface area contributed by atoms with Crippen molar-refractivity contribution in [2.45, 2.75) is 32.0 Å². The lowest BCUT2D eigenvalue weighted by atomic mass is 9.90. The number of rotatable bonds is 9. The van der Waals surface area contributed by atoms with Gasteiger partial charge in [0.15, 0.2) is 6.29 Å². The quantitative estimate of drug-likeness (QED) is 0.400. The molecular formula is C30H34N2O4. The summed E-state index contributed by atoms with van der Waals surface area (Å²) in [5.74, 6) is -0.0768. The molecule has 1 aliphatic heterocycles. The van der Waals surface area contributed by atoms with Crippen LogP contribution in [0.3, 0.4) is 0 Å². The average molecular weight is 487 g/mol. The molecule has 0 unspecified atom stereocenters. The maximum absolute atomic E-state index is 12.7. The van der Waals surface area contributed by atoms with Gasteiger partial charge >= 0.3 is 0 Å². The second kappa shape index (κ2) is 12.1. The highest BCUT2D eigenvalue weighted by Gasteiger charge is 2.38. The number of carbonyl (C=O) groups excluding carboxylic acids is 1. The Morgan fingerprint density at radius 3 is 2.47 bits per heavy atom. The molecule has 3 aromatic carbocycles. The maximum Gasteiger partial charge on any atom is 0.255 e. The Morgan fingerprint density at radius 1 is 1.03 bits per heavy atom. The highest BCUT2D eigenvalue weighted by atomic mass is 16.7. The van der Waals surface area contributed by atoms with Crippen LogP contribution in [0.2, 0.25) is 0 Å². The van der Waals surface area contributed by atoms with Gasteiger partial charge in [0.25, 0.3) is 5.91 Å². The first-order chi connectivity index (χ1) is 17.5. The molecule has 1 aliphatic rings. The van der Waals surface area contributed by atoms with E-state index in [1.54, 1.807) is 12.1 Å². The number of hydrogen-bond acceptors (Lipinski definition) is 5. The van der Waals surface area contributed by atoms with E-state index in [1.807, 2.05) is 79.9 Å². The van der Waals surface area contributed by atoms with Gasteiger partial charge in [0.1, 0.15) is 0 Å². The van der Waals surface area contributed by atoms with Crippen LogP contribution in [0, 0.1) is 5.92 Å². The van der Waals surface area contributed by atoms with Gasteiger partial charge in [-0.2, -0.15) is 0 Å². The van der Waals surface area contributed by atoms with Gasteiger partial charge in [0.05, 0.1) is 18.8 Å². The van der Waals surface area contributed by atoms with E-state index >= 15 is 0 Å². The third-order valence-corrected chi connectivity index (χ3v) is 6.51. The number of hydrogen-bond donors (Lipinski definition) is 2. The van der Waals surface area contributed by atoms with Crippen LogP contribution >= 0.6 is 0 Å². The number of benzene rings is 3. The van der Waals surface area contributed by atoms with E-state index in [4.69, 9.17) is 9.47 Å².